The van der Waals surface area contributed by atoms with Crippen LogP contribution in [-0.2, 0) is 41.0 Å². The number of hydrogen-bond acceptors (Lipinski definition) is 13. The van der Waals surface area contributed by atoms with Gasteiger partial charge < -0.3 is 61.8 Å². The van der Waals surface area contributed by atoms with Crippen LogP contribution in [0.25, 0.3) is 0 Å². The molecule has 0 atom stereocenters. The molecular formula is C14H26FeN5O10. The van der Waals surface area contributed by atoms with Gasteiger partial charge in [-0.1, -0.05) is 0 Å². The van der Waals surface area contributed by atoms with Crippen LogP contribution in [0.2, 0.25) is 0 Å². The molecule has 0 aliphatic rings. The number of rotatable bonds is 16. The van der Waals surface area contributed by atoms with Crippen molar-refractivity contribution in [2.75, 3.05) is 58.9 Å². The van der Waals surface area contributed by atoms with E-state index in [9.17, 15) is 49.5 Å². The van der Waals surface area contributed by atoms with Gasteiger partial charge in [-0.05, 0) is 0 Å². The number of quaternary nitrogens is 2. The van der Waals surface area contributed by atoms with Crippen molar-refractivity contribution in [1.82, 2.24) is 27.0 Å². The largest absolute Gasteiger partial charge is 3.00 e. The Morgan fingerprint density at radius 2 is 0.600 bits per heavy atom. The number of carboxylic acids is 5. The number of nitrogens with zero attached hydrogens (tertiary/aromatic N) is 3. The van der Waals surface area contributed by atoms with E-state index in [2.05, 4.69) is 0 Å². The molecule has 0 fully saturated rings. The van der Waals surface area contributed by atoms with E-state index < -0.39 is 62.6 Å². The first-order chi connectivity index (χ1) is 12.5. The molecule has 16 heteroatoms. The molecule has 0 saturated heterocycles. The molecule has 0 aliphatic heterocycles. The Morgan fingerprint density at radius 3 is 0.800 bits per heavy atom. The topological polar surface area (TPSA) is 283 Å². The third kappa shape index (κ3) is 20.4. The predicted octanol–water partition coefficient (Wildman–Crippen LogP) is -8.61. The summed E-state index contributed by atoms with van der Waals surface area (Å²) >= 11 is 0. The smallest absolute Gasteiger partial charge is 0.549 e. The molecule has 0 aromatic rings. The van der Waals surface area contributed by atoms with Gasteiger partial charge in [0.1, 0.15) is 0 Å². The average molecular weight is 480 g/mol. The quantitative estimate of drug-likeness (QED) is 0.194. The molecule has 1 radical (unpaired) electrons. The van der Waals surface area contributed by atoms with Crippen molar-refractivity contribution in [3.05, 3.63) is 0 Å². The van der Waals surface area contributed by atoms with E-state index in [1.54, 1.807) is 0 Å². The van der Waals surface area contributed by atoms with Crippen LogP contribution < -0.4 is 37.8 Å². The minimum atomic E-state index is -1.54. The van der Waals surface area contributed by atoms with Crippen LogP contribution in [0.15, 0.2) is 0 Å². The molecule has 0 heterocycles. The third-order valence-electron chi connectivity index (χ3n) is 3.23. The molecule has 0 spiro atoms. The molecule has 0 bridgehead atoms. The molecule has 15 nitrogen and oxygen atoms in total. The summed E-state index contributed by atoms with van der Waals surface area (Å²) in [5, 5.41) is 53.3. The molecule has 0 unspecified atom stereocenters. The number of hydrogen-bond donors (Lipinski definition) is 2. The van der Waals surface area contributed by atoms with Crippen molar-refractivity contribution in [2.45, 2.75) is 0 Å². The number of carbonyl (C=O) groups is 5. The summed E-state index contributed by atoms with van der Waals surface area (Å²) in [5.41, 5.74) is 0. The van der Waals surface area contributed by atoms with Gasteiger partial charge in [0.05, 0.1) is 29.8 Å². The van der Waals surface area contributed by atoms with Crippen LogP contribution in [0, 0.1) is 0 Å². The first-order valence-electron chi connectivity index (χ1n) is 7.66. The minimum absolute atomic E-state index is 0. The maximum absolute atomic E-state index is 10.8. The Hall–Kier alpha value is -2.33. The van der Waals surface area contributed by atoms with Gasteiger partial charge in [-0.15, -0.1) is 0 Å². The summed E-state index contributed by atoms with van der Waals surface area (Å²) in [6.45, 7) is -4.16. The van der Waals surface area contributed by atoms with Crippen LogP contribution >= 0.6 is 0 Å². The summed E-state index contributed by atoms with van der Waals surface area (Å²) in [5.74, 6) is -7.67. The van der Waals surface area contributed by atoms with E-state index in [1.807, 2.05) is 0 Å². The van der Waals surface area contributed by atoms with Gasteiger partial charge in [-0.25, -0.2) is 0 Å². The maximum atomic E-state index is 10.8. The Balaban J connectivity index is -0.00000113. The van der Waals surface area contributed by atoms with Gasteiger partial charge in [-0.2, -0.15) is 0 Å². The summed E-state index contributed by atoms with van der Waals surface area (Å²) in [6, 6.07) is 0. The van der Waals surface area contributed by atoms with Crippen molar-refractivity contribution in [3.8, 4) is 0 Å². The van der Waals surface area contributed by atoms with E-state index in [4.69, 9.17) is 0 Å². The summed E-state index contributed by atoms with van der Waals surface area (Å²) < 4.78 is 0. The standard InChI is InChI=1S/C14H23N3O10.Fe.2H3N/c18-10(19)5-15(1-3-16(6-11(20)21)7-12(22)23)2-4-17(8-13(24)25)9-14(26)27;;;/h1-9H2,(H,18,19)(H,20,21)(H,22,23)(H,24,25)(H,26,27);;2*1H3/q;+3;;/p-3. The molecule has 0 aliphatic carbocycles. The molecule has 30 heavy (non-hydrogen) atoms. The molecule has 0 saturated carbocycles. The van der Waals surface area contributed by atoms with Gasteiger partial charge in [-0.3, -0.25) is 14.7 Å². The minimum Gasteiger partial charge on any atom is -0.549 e. The molecule has 175 valence electrons. The zero-order valence-corrected chi connectivity index (χ0v) is 17.7. The Labute approximate surface area is 182 Å². The second-order valence-corrected chi connectivity index (χ2v) is 5.56. The van der Waals surface area contributed by atoms with Crippen LogP contribution in [0.1, 0.15) is 0 Å². The first kappa shape index (κ1) is 35.1. The number of carboxylic acid groups (broad SMARTS) is 5. The second-order valence-electron chi connectivity index (χ2n) is 5.56. The van der Waals surface area contributed by atoms with Gasteiger partial charge in [0.15, 0.2) is 0 Å². The fraction of sp³-hybridized carbons (Fsp3) is 0.643. The van der Waals surface area contributed by atoms with Gasteiger partial charge >= 0.3 is 17.1 Å². The zero-order chi connectivity index (χ0) is 21.0. The van der Waals surface area contributed by atoms with E-state index in [0.717, 1.165) is 9.80 Å². The van der Waals surface area contributed by atoms with Gasteiger partial charge in [0.25, 0.3) is 0 Å². The van der Waals surface area contributed by atoms with Crippen molar-refractivity contribution >= 4 is 29.8 Å². The van der Waals surface area contributed by atoms with Gasteiger partial charge in [0, 0.05) is 58.9 Å². The first-order valence-corrected chi connectivity index (χ1v) is 7.66. The molecule has 0 aromatic heterocycles. The molecule has 0 amide bonds. The van der Waals surface area contributed by atoms with E-state index in [1.165, 1.54) is 4.90 Å². The fourth-order valence-electron chi connectivity index (χ4n) is 2.18. The molecule has 8 N–H and O–H groups in total. The summed E-state index contributed by atoms with van der Waals surface area (Å²) in [6.07, 6.45) is 0. The Kier molecular flexibility index (Phi) is 21.9. The molecule has 0 aromatic carbocycles. The number of aliphatic carboxylic acids is 5. The van der Waals surface area contributed by atoms with Crippen molar-refractivity contribution < 1.29 is 66.6 Å². The van der Waals surface area contributed by atoms with Crippen molar-refractivity contribution in [1.29, 1.82) is 0 Å². The second kappa shape index (κ2) is 18.7. The van der Waals surface area contributed by atoms with Crippen molar-refractivity contribution in [3.63, 3.8) is 0 Å². The van der Waals surface area contributed by atoms with Crippen LogP contribution in [-0.4, -0.2) is 103 Å². The van der Waals surface area contributed by atoms with Crippen LogP contribution in [0.5, 0.6) is 0 Å². The predicted molar refractivity (Wildman–Crippen MR) is 86.3 cm³/mol. The third-order valence-corrected chi connectivity index (χ3v) is 3.23. The fourth-order valence-corrected chi connectivity index (χ4v) is 2.18. The SMILES string of the molecule is O=C([O-])CN(CCN(CC(=O)[O-])CC(=O)[O-])CCN(CC(=O)[O-])CC(=O)[O-].[Fe+3].[NH4+].[NH4+]. The monoisotopic (exact) mass is 480 g/mol. The summed E-state index contributed by atoms with van der Waals surface area (Å²) in [4.78, 5) is 56.4. The maximum Gasteiger partial charge on any atom is 3.00 e. The van der Waals surface area contributed by atoms with E-state index in [-0.39, 0.29) is 55.5 Å². The Morgan fingerprint density at radius 1 is 0.433 bits per heavy atom. The average Bonchev–Trinajstić information content (AvgIpc) is 2.46. The molecular weight excluding hydrogens is 454 g/mol. The normalized spacial score (nSPS) is 9.97. The van der Waals surface area contributed by atoms with E-state index >= 15 is 0 Å². The van der Waals surface area contributed by atoms with Gasteiger partial charge in [0.2, 0.25) is 0 Å². The van der Waals surface area contributed by atoms with E-state index in [0.29, 0.717) is 0 Å². The summed E-state index contributed by atoms with van der Waals surface area (Å²) in [7, 11) is 0. The number of carbonyl (C=O) groups excluding carboxylic acids is 5. The van der Waals surface area contributed by atoms with Crippen LogP contribution in [0.4, 0.5) is 0 Å². The Bertz CT molecular complexity index is 493. The van der Waals surface area contributed by atoms with Crippen LogP contribution in [0.3, 0.4) is 0 Å². The van der Waals surface area contributed by atoms with Crippen molar-refractivity contribution in [2.24, 2.45) is 0 Å². The molecule has 0 rings (SSSR count). The zero-order valence-electron chi connectivity index (χ0n) is 16.6.